The van der Waals surface area contributed by atoms with Gasteiger partial charge in [0.1, 0.15) is 12.4 Å². The lowest BCUT2D eigenvalue weighted by atomic mass is 10.1. The largest absolute Gasteiger partial charge is 0.354 e. The Morgan fingerprint density at radius 2 is 1.63 bits per heavy atom. The quantitative estimate of drug-likeness (QED) is 0.587. The summed E-state index contributed by atoms with van der Waals surface area (Å²) in [6.45, 7) is 0.656. The fourth-order valence-corrected chi connectivity index (χ4v) is 4.50. The van der Waals surface area contributed by atoms with Crippen LogP contribution >= 0.6 is 11.8 Å². The number of carbonyl (C=O) groups is 2. The Bertz CT molecular complexity index is 1020. The van der Waals surface area contributed by atoms with Crippen LogP contribution in [0.4, 0.5) is 5.82 Å². The lowest BCUT2D eigenvalue weighted by Gasteiger charge is -2.11. The first-order chi connectivity index (χ1) is 14.7. The Labute approximate surface area is 180 Å². The van der Waals surface area contributed by atoms with Gasteiger partial charge in [0, 0.05) is 23.6 Å². The van der Waals surface area contributed by atoms with E-state index in [9.17, 15) is 9.59 Å². The van der Waals surface area contributed by atoms with Crippen LogP contribution < -0.4 is 10.6 Å². The second-order valence-corrected chi connectivity index (χ2v) is 8.21. The van der Waals surface area contributed by atoms with Gasteiger partial charge in [0.05, 0.1) is 12.1 Å². The molecule has 2 amide bonds. The summed E-state index contributed by atoms with van der Waals surface area (Å²) < 4.78 is 1.63. The molecule has 4 rings (SSSR count). The summed E-state index contributed by atoms with van der Waals surface area (Å²) in [5, 5.41) is 10.5. The fourth-order valence-electron chi connectivity index (χ4n) is 3.46. The molecule has 6 nitrogen and oxygen atoms in total. The van der Waals surface area contributed by atoms with Gasteiger partial charge in [-0.05, 0) is 17.5 Å². The topological polar surface area (TPSA) is 76.0 Å². The predicted octanol–water partition coefficient (Wildman–Crippen LogP) is 3.17. The molecule has 0 saturated heterocycles. The third-order valence-electron chi connectivity index (χ3n) is 4.96. The number of amides is 2. The highest BCUT2D eigenvalue weighted by Gasteiger charge is 2.24. The highest BCUT2D eigenvalue weighted by atomic mass is 32.2. The van der Waals surface area contributed by atoms with E-state index in [4.69, 9.17) is 0 Å². The molecule has 7 heteroatoms. The molecule has 0 unspecified atom stereocenters. The van der Waals surface area contributed by atoms with Crippen molar-refractivity contribution in [2.45, 2.75) is 30.9 Å². The van der Waals surface area contributed by atoms with Crippen molar-refractivity contribution in [1.29, 1.82) is 0 Å². The van der Waals surface area contributed by atoms with Crippen LogP contribution in [-0.4, -0.2) is 28.1 Å². The van der Waals surface area contributed by atoms with Gasteiger partial charge in [-0.2, -0.15) is 16.9 Å². The molecule has 0 aliphatic carbocycles. The molecular weight excluding hydrogens is 396 g/mol. The number of nitrogens with one attached hydrogen (secondary N) is 2. The van der Waals surface area contributed by atoms with E-state index in [0.29, 0.717) is 12.4 Å². The van der Waals surface area contributed by atoms with E-state index in [1.807, 2.05) is 60.7 Å². The summed E-state index contributed by atoms with van der Waals surface area (Å²) in [7, 11) is 0. The monoisotopic (exact) mass is 420 g/mol. The molecule has 0 atom stereocenters. The summed E-state index contributed by atoms with van der Waals surface area (Å²) in [6, 6.07) is 19.7. The number of rotatable bonds is 8. The van der Waals surface area contributed by atoms with Gasteiger partial charge in [0.25, 0.3) is 0 Å². The smallest absolute Gasteiger partial charge is 0.241 e. The zero-order valence-electron chi connectivity index (χ0n) is 16.6. The lowest BCUT2D eigenvalue weighted by Crippen LogP contribution is -2.30. The average molecular weight is 421 g/mol. The van der Waals surface area contributed by atoms with Crippen molar-refractivity contribution in [3.05, 3.63) is 83.0 Å². The van der Waals surface area contributed by atoms with Crippen molar-refractivity contribution in [1.82, 2.24) is 15.1 Å². The standard InChI is InChI=1S/C23H24N4O2S/c28-21(13-18-9-5-2-6-10-18)25-23-19-15-30-16-20(19)26-27(23)14-22(29)24-12-11-17-7-3-1-4-8-17/h1-10H,11-16H2,(H,24,29)(H,25,28). The van der Waals surface area contributed by atoms with Gasteiger partial charge in [-0.3, -0.25) is 9.59 Å². The molecule has 0 bridgehead atoms. The molecule has 3 aromatic rings. The van der Waals surface area contributed by atoms with Crippen LogP contribution in [0, 0.1) is 0 Å². The first kappa shape index (κ1) is 20.2. The third-order valence-corrected chi connectivity index (χ3v) is 5.93. The third kappa shape index (κ3) is 5.10. The van der Waals surface area contributed by atoms with Gasteiger partial charge >= 0.3 is 0 Å². The molecule has 1 aromatic heterocycles. The molecule has 2 heterocycles. The van der Waals surface area contributed by atoms with E-state index in [1.54, 1.807) is 16.4 Å². The fraction of sp³-hybridized carbons (Fsp3) is 0.261. The van der Waals surface area contributed by atoms with Crippen molar-refractivity contribution in [2.24, 2.45) is 0 Å². The number of thioether (sulfide) groups is 1. The van der Waals surface area contributed by atoms with Crippen LogP contribution in [-0.2, 0) is 40.5 Å². The molecule has 0 fully saturated rings. The molecule has 0 spiro atoms. The van der Waals surface area contributed by atoms with Crippen LogP contribution in [0.15, 0.2) is 60.7 Å². The molecule has 2 aromatic carbocycles. The minimum Gasteiger partial charge on any atom is -0.354 e. The maximum atomic E-state index is 12.6. The normalized spacial score (nSPS) is 12.4. The minimum absolute atomic E-state index is 0.0907. The summed E-state index contributed by atoms with van der Waals surface area (Å²) in [5.74, 6) is 2.03. The Hall–Kier alpha value is -3.06. The van der Waals surface area contributed by atoms with Crippen LogP contribution in [0.3, 0.4) is 0 Å². The molecule has 1 aliphatic heterocycles. The summed E-state index contributed by atoms with van der Waals surface area (Å²) in [4.78, 5) is 25.1. The van der Waals surface area contributed by atoms with Crippen molar-refractivity contribution in [2.75, 3.05) is 11.9 Å². The van der Waals surface area contributed by atoms with Crippen LogP contribution in [0.25, 0.3) is 0 Å². The minimum atomic E-state index is -0.113. The number of nitrogens with zero attached hydrogens (tertiary/aromatic N) is 2. The number of anilines is 1. The van der Waals surface area contributed by atoms with Gasteiger partial charge < -0.3 is 10.6 Å². The number of carbonyl (C=O) groups excluding carboxylic acids is 2. The maximum Gasteiger partial charge on any atom is 0.241 e. The molecule has 0 saturated carbocycles. The highest BCUT2D eigenvalue weighted by molar-refractivity contribution is 7.98. The number of hydrogen-bond acceptors (Lipinski definition) is 4. The van der Waals surface area contributed by atoms with Crippen LogP contribution in [0.1, 0.15) is 22.4 Å². The highest BCUT2D eigenvalue weighted by Crippen LogP contribution is 2.34. The van der Waals surface area contributed by atoms with E-state index < -0.39 is 0 Å². The number of aromatic nitrogens is 2. The molecule has 30 heavy (non-hydrogen) atoms. The Kier molecular flexibility index (Phi) is 6.49. The first-order valence-corrected chi connectivity index (χ1v) is 11.1. The maximum absolute atomic E-state index is 12.6. The molecule has 2 N–H and O–H groups in total. The average Bonchev–Trinajstić information content (AvgIpc) is 3.32. The number of benzene rings is 2. The van der Waals surface area contributed by atoms with Gasteiger partial charge in [-0.15, -0.1) is 0 Å². The summed E-state index contributed by atoms with van der Waals surface area (Å²) in [6.07, 6.45) is 1.07. The first-order valence-electron chi connectivity index (χ1n) is 10.00. The number of hydrogen-bond donors (Lipinski definition) is 2. The lowest BCUT2D eigenvalue weighted by molar-refractivity contribution is -0.122. The van der Waals surface area contributed by atoms with Crippen molar-refractivity contribution < 1.29 is 9.59 Å². The Morgan fingerprint density at radius 1 is 0.933 bits per heavy atom. The van der Waals surface area contributed by atoms with Gasteiger partial charge in [-0.25, -0.2) is 4.68 Å². The van der Waals surface area contributed by atoms with Crippen LogP contribution in [0.5, 0.6) is 0 Å². The van der Waals surface area contributed by atoms with Gasteiger partial charge in [-0.1, -0.05) is 60.7 Å². The Morgan fingerprint density at radius 3 is 2.37 bits per heavy atom. The van der Waals surface area contributed by atoms with Crippen molar-refractivity contribution in [3.8, 4) is 0 Å². The van der Waals surface area contributed by atoms with Gasteiger partial charge in [0.15, 0.2) is 0 Å². The Balaban J connectivity index is 1.38. The zero-order valence-corrected chi connectivity index (χ0v) is 17.5. The summed E-state index contributed by atoms with van der Waals surface area (Å²) >= 11 is 1.77. The second kappa shape index (κ2) is 9.63. The van der Waals surface area contributed by atoms with Crippen molar-refractivity contribution in [3.63, 3.8) is 0 Å². The molecule has 0 radical (unpaired) electrons. The van der Waals surface area contributed by atoms with E-state index in [2.05, 4.69) is 15.7 Å². The van der Waals surface area contributed by atoms with Crippen molar-refractivity contribution >= 4 is 29.4 Å². The SMILES string of the molecule is O=C(Cn1nc2c(c1NC(=O)Cc1ccccc1)CSC2)NCCc1ccccc1. The molecular formula is C23H24N4O2S. The summed E-state index contributed by atoms with van der Waals surface area (Å²) in [5.41, 5.74) is 4.11. The van der Waals surface area contributed by atoms with E-state index >= 15 is 0 Å². The molecule has 154 valence electrons. The second-order valence-electron chi connectivity index (χ2n) is 7.22. The predicted molar refractivity (Wildman–Crippen MR) is 119 cm³/mol. The van der Waals surface area contributed by atoms with Gasteiger partial charge in [0.2, 0.25) is 11.8 Å². The zero-order chi connectivity index (χ0) is 20.8. The number of fused-ring (bicyclic) bond motifs is 1. The molecule has 1 aliphatic rings. The van der Waals surface area contributed by atoms with Crippen LogP contribution in [0.2, 0.25) is 0 Å². The van der Waals surface area contributed by atoms with E-state index in [1.165, 1.54) is 5.56 Å². The van der Waals surface area contributed by atoms with E-state index in [-0.39, 0.29) is 24.8 Å². The van der Waals surface area contributed by atoms with E-state index in [0.717, 1.165) is 34.7 Å².